The summed E-state index contributed by atoms with van der Waals surface area (Å²) in [5.41, 5.74) is 1.36. The maximum atomic E-state index is 14.3. The topological polar surface area (TPSA) is 94.6 Å². The first kappa shape index (κ1) is 35.7. The first-order chi connectivity index (χ1) is 22.6. The molecule has 1 aromatic rings. The molecule has 3 fully saturated rings. The first-order valence-electron chi connectivity index (χ1n) is 18.9. The molecule has 4 aliphatic carbocycles. The van der Waals surface area contributed by atoms with Gasteiger partial charge in [0.15, 0.2) is 0 Å². The fraction of sp³-hybridized carbons (Fsp3) is 0.732. The molecule has 3 unspecified atom stereocenters. The Labute approximate surface area is 282 Å². The largest absolute Gasteiger partial charge is 0.466 e. The third-order valence-electron chi connectivity index (χ3n) is 12.6. The fourth-order valence-corrected chi connectivity index (χ4v) is 9.81. The lowest BCUT2D eigenvalue weighted by Crippen LogP contribution is -2.41. The Morgan fingerprint density at radius 1 is 0.787 bits per heavy atom. The Hall–Kier alpha value is -2.63. The van der Waals surface area contributed by atoms with Crippen LogP contribution in [-0.4, -0.2) is 35.7 Å². The quantitative estimate of drug-likeness (QED) is 0.200. The average molecular weight is 647 g/mol. The van der Waals surface area contributed by atoms with Crippen LogP contribution in [0.4, 0.5) is 0 Å². The Kier molecular flexibility index (Phi) is 12.3. The molecule has 0 amide bonds. The van der Waals surface area contributed by atoms with Gasteiger partial charge in [0.25, 0.3) is 0 Å². The highest BCUT2D eigenvalue weighted by atomic mass is 16.5. The fourth-order valence-electron chi connectivity index (χ4n) is 9.81. The first-order valence-corrected chi connectivity index (χ1v) is 18.9. The number of benzene rings is 1. The summed E-state index contributed by atoms with van der Waals surface area (Å²) in [4.78, 5) is 67.1. The standard InChI is InChI=1S/C41H58O6/c1-4-47-40(46)27(2)22-35(42)25-41(3,39(45)32-20-14-29(15-21-32)28-10-6-5-7-11-28)26-38(44)31-18-16-30(17-19-31)36-23-33-12-8-9-13-34(33)24-37(36)43/h8-9,12-13,27-32,36H,4-7,10-11,14-26H2,1-3H3. The van der Waals surface area contributed by atoms with Gasteiger partial charge in [-0.1, -0.05) is 70.2 Å². The zero-order chi connectivity index (χ0) is 33.6. The van der Waals surface area contributed by atoms with Gasteiger partial charge in [0, 0.05) is 48.9 Å². The minimum atomic E-state index is -1.06. The van der Waals surface area contributed by atoms with Crippen LogP contribution in [0.5, 0.6) is 0 Å². The van der Waals surface area contributed by atoms with E-state index in [1.165, 1.54) is 37.7 Å². The van der Waals surface area contributed by atoms with Gasteiger partial charge < -0.3 is 4.74 Å². The summed E-state index contributed by atoms with van der Waals surface area (Å²) < 4.78 is 5.12. The van der Waals surface area contributed by atoms with Crippen molar-refractivity contribution in [2.75, 3.05) is 6.61 Å². The number of hydrogen-bond acceptors (Lipinski definition) is 6. The van der Waals surface area contributed by atoms with Crippen LogP contribution >= 0.6 is 0 Å². The molecule has 258 valence electrons. The van der Waals surface area contributed by atoms with Crippen molar-refractivity contribution in [2.45, 2.75) is 136 Å². The zero-order valence-corrected chi connectivity index (χ0v) is 29.2. The van der Waals surface area contributed by atoms with Gasteiger partial charge >= 0.3 is 5.97 Å². The minimum Gasteiger partial charge on any atom is -0.466 e. The van der Waals surface area contributed by atoms with Crippen LogP contribution in [0, 0.1) is 46.8 Å². The van der Waals surface area contributed by atoms with Crippen LogP contribution in [0.25, 0.3) is 0 Å². The number of ether oxygens (including phenoxy) is 1. The smallest absolute Gasteiger partial charge is 0.309 e. The highest BCUT2D eigenvalue weighted by Crippen LogP contribution is 2.45. The number of carbonyl (C=O) groups is 5. The van der Waals surface area contributed by atoms with E-state index in [1.54, 1.807) is 13.8 Å². The molecule has 0 bridgehead atoms. The van der Waals surface area contributed by atoms with Crippen molar-refractivity contribution < 1.29 is 28.7 Å². The number of rotatable bonds is 13. The molecular weight excluding hydrogens is 588 g/mol. The van der Waals surface area contributed by atoms with Crippen molar-refractivity contribution in [1.82, 2.24) is 0 Å². The number of ketones is 4. The molecule has 47 heavy (non-hydrogen) atoms. The molecule has 0 spiro atoms. The van der Waals surface area contributed by atoms with E-state index in [0.29, 0.717) is 24.0 Å². The van der Waals surface area contributed by atoms with Gasteiger partial charge in [-0.3, -0.25) is 24.0 Å². The van der Waals surface area contributed by atoms with E-state index in [9.17, 15) is 24.0 Å². The molecule has 1 aromatic carbocycles. The normalized spacial score (nSPS) is 28.8. The van der Waals surface area contributed by atoms with Crippen LogP contribution in [0.1, 0.15) is 135 Å². The lowest BCUT2D eigenvalue weighted by molar-refractivity contribution is -0.149. The predicted molar refractivity (Wildman–Crippen MR) is 183 cm³/mol. The minimum absolute atomic E-state index is 0.00476. The van der Waals surface area contributed by atoms with Gasteiger partial charge in [-0.25, -0.2) is 0 Å². The second kappa shape index (κ2) is 16.2. The van der Waals surface area contributed by atoms with Gasteiger partial charge in [0.05, 0.1) is 12.5 Å². The molecule has 4 aliphatic rings. The summed E-state index contributed by atoms with van der Waals surface area (Å²) in [6.45, 7) is 5.55. The Morgan fingerprint density at radius 3 is 2.04 bits per heavy atom. The van der Waals surface area contributed by atoms with Crippen LogP contribution in [0.2, 0.25) is 0 Å². The second-order valence-electron chi connectivity index (χ2n) is 16.0. The van der Waals surface area contributed by atoms with Gasteiger partial charge in [-0.05, 0) is 93.6 Å². The van der Waals surface area contributed by atoms with Crippen LogP contribution in [-0.2, 0) is 41.6 Å². The van der Waals surface area contributed by atoms with Crippen LogP contribution in [0.3, 0.4) is 0 Å². The molecule has 6 heteroatoms. The number of hydrogen-bond donors (Lipinski definition) is 0. The van der Waals surface area contributed by atoms with E-state index < -0.39 is 17.3 Å². The molecular formula is C41H58O6. The van der Waals surface area contributed by atoms with E-state index in [0.717, 1.165) is 69.3 Å². The molecule has 0 saturated heterocycles. The summed E-state index contributed by atoms with van der Waals surface area (Å²) in [6, 6.07) is 8.24. The highest BCUT2D eigenvalue weighted by molar-refractivity contribution is 5.97. The SMILES string of the molecule is CCOC(=O)C(C)CC(=O)CC(C)(CC(=O)C1CCC(C2Cc3ccccc3CC2=O)CC1)C(=O)C1CCC(C2CCCCC2)CC1. The van der Waals surface area contributed by atoms with Gasteiger partial charge in [0.1, 0.15) is 23.1 Å². The van der Waals surface area contributed by atoms with Crippen molar-refractivity contribution in [3.05, 3.63) is 35.4 Å². The van der Waals surface area contributed by atoms with E-state index in [1.807, 2.05) is 19.1 Å². The third kappa shape index (κ3) is 8.89. The molecule has 0 aromatic heterocycles. The summed E-state index contributed by atoms with van der Waals surface area (Å²) in [6.07, 6.45) is 15.0. The van der Waals surface area contributed by atoms with E-state index >= 15 is 0 Å². The summed E-state index contributed by atoms with van der Waals surface area (Å²) in [7, 11) is 0. The van der Waals surface area contributed by atoms with E-state index in [4.69, 9.17) is 4.74 Å². The van der Waals surface area contributed by atoms with Crippen molar-refractivity contribution in [2.24, 2.45) is 46.8 Å². The maximum absolute atomic E-state index is 14.3. The van der Waals surface area contributed by atoms with Crippen molar-refractivity contribution in [1.29, 1.82) is 0 Å². The zero-order valence-electron chi connectivity index (χ0n) is 29.2. The molecule has 3 atom stereocenters. The highest BCUT2D eigenvalue weighted by Gasteiger charge is 2.45. The number of Topliss-reactive ketones (excluding diaryl/α,β-unsaturated/α-hetero) is 4. The summed E-state index contributed by atoms with van der Waals surface area (Å²) in [5.74, 6) is 0.900. The molecule has 6 nitrogen and oxygen atoms in total. The number of carbonyl (C=O) groups excluding carboxylic acids is 5. The number of fused-ring (bicyclic) bond motifs is 1. The van der Waals surface area contributed by atoms with Gasteiger partial charge in [0.2, 0.25) is 0 Å². The molecule has 3 saturated carbocycles. The molecule has 0 aliphatic heterocycles. The van der Waals surface area contributed by atoms with E-state index in [-0.39, 0.29) is 61.0 Å². The Bertz CT molecular complexity index is 1280. The van der Waals surface area contributed by atoms with Crippen LogP contribution in [0.15, 0.2) is 24.3 Å². The van der Waals surface area contributed by atoms with Crippen molar-refractivity contribution in [3.8, 4) is 0 Å². The molecule has 5 rings (SSSR count). The van der Waals surface area contributed by atoms with Gasteiger partial charge in [-0.15, -0.1) is 0 Å². The molecule has 0 heterocycles. The Morgan fingerprint density at radius 2 is 1.38 bits per heavy atom. The predicted octanol–water partition coefficient (Wildman–Crippen LogP) is 8.25. The molecule has 0 radical (unpaired) electrons. The van der Waals surface area contributed by atoms with Crippen molar-refractivity contribution in [3.63, 3.8) is 0 Å². The third-order valence-corrected chi connectivity index (χ3v) is 12.6. The van der Waals surface area contributed by atoms with E-state index in [2.05, 4.69) is 12.1 Å². The summed E-state index contributed by atoms with van der Waals surface area (Å²) >= 11 is 0. The maximum Gasteiger partial charge on any atom is 0.309 e. The lowest BCUT2D eigenvalue weighted by Gasteiger charge is -2.39. The van der Waals surface area contributed by atoms with Crippen molar-refractivity contribution >= 4 is 29.1 Å². The average Bonchev–Trinajstić information content (AvgIpc) is 3.08. The second-order valence-corrected chi connectivity index (χ2v) is 16.0. The van der Waals surface area contributed by atoms with Gasteiger partial charge in [-0.2, -0.15) is 0 Å². The molecule has 0 N–H and O–H groups in total. The summed E-state index contributed by atoms with van der Waals surface area (Å²) in [5, 5.41) is 0. The Balaban J connectivity index is 1.22. The number of esters is 1. The lowest BCUT2D eigenvalue weighted by atomic mass is 9.64. The monoisotopic (exact) mass is 646 g/mol. The van der Waals surface area contributed by atoms with Crippen LogP contribution < -0.4 is 0 Å².